The Bertz CT molecular complexity index is 402. The third-order valence-corrected chi connectivity index (χ3v) is 2.42. The fourth-order valence-corrected chi connectivity index (χ4v) is 1.55. The van der Waals surface area contributed by atoms with Crippen molar-refractivity contribution in [2.24, 2.45) is 0 Å². The van der Waals surface area contributed by atoms with Crippen LogP contribution in [-0.4, -0.2) is 24.7 Å². The quantitative estimate of drug-likeness (QED) is 0.790. The third kappa shape index (κ3) is 3.65. The maximum atomic E-state index is 11.8. The highest BCUT2D eigenvalue weighted by molar-refractivity contribution is 5.84. The van der Waals surface area contributed by atoms with Crippen LogP contribution in [-0.2, 0) is 9.53 Å². The van der Waals surface area contributed by atoms with Gasteiger partial charge in [0.25, 0.3) is 0 Å². The van der Waals surface area contributed by atoms with E-state index in [4.69, 9.17) is 9.47 Å². The van der Waals surface area contributed by atoms with Gasteiger partial charge < -0.3 is 14.8 Å². The summed E-state index contributed by atoms with van der Waals surface area (Å²) in [5.41, 5.74) is 0.000785. The predicted octanol–water partition coefficient (Wildman–Crippen LogP) is 2.84. The largest absolute Gasteiger partial charge is 0.492 e. The summed E-state index contributed by atoms with van der Waals surface area (Å²) in [5, 5.41) is 3.16. The van der Waals surface area contributed by atoms with E-state index in [1.54, 1.807) is 20.8 Å². The van der Waals surface area contributed by atoms with Gasteiger partial charge in [-0.05, 0) is 39.8 Å². The number of rotatable bonds is 6. The van der Waals surface area contributed by atoms with Gasteiger partial charge in [0.05, 0.1) is 18.9 Å². The second kappa shape index (κ2) is 6.28. The molecule has 0 amide bonds. The smallest absolute Gasteiger partial charge is 0.331 e. The van der Waals surface area contributed by atoms with E-state index in [1.165, 1.54) is 0 Å². The monoisotopic (exact) mass is 251 g/mol. The summed E-state index contributed by atoms with van der Waals surface area (Å²) in [5.74, 6) is 0.452. The Morgan fingerprint density at radius 3 is 2.50 bits per heavy atom. The van der Waals surface area contributed by atoms with Crippen LogP contribution in [0.3, 0.4) is 0 Å². The summed E-state index contributed by atoms with van der Waals surface area (Å²) < 4.78 is 10.5. The number of esters is 1. The molecule has 0 fully saturated rings. The molecule has 1 N–H and O–H groups in total. The molecule has 1 rings (SSSR count). The van der Waals surface area contributed by atoms with Crippen molar-refractivity contribution in [1.82, 2.24) is 0 Å². The first-order valence-electron chi connectivity index (χ1n) is 6.18. The van der Waals surface area contributed by atoms with Crippen LogP contribution in [0.15, 0.2) is 24.3 Å². The Balaban J connectivity index is 2.86. The minimum atomic E-state index is -0.788. The van der Waals surface area contributed by atoms with Gasteiger partial charge in [-0.25, -0.2) is 4.79 Å². The molecule has 0 heterocycles. The molecule has 4 nitrogen and oxygen atoms in total. The van der Waals surface area contributed by atoms with Crippen LogP contribution in [0.25, 0.3) is 0 Å². The number of anilines is 1. The van der Waals surface area contributed by atoms with E-state index in [-0.39, 0.29) is 5.97 Å². The highest BCUT2D eigenvalue weighted by Gasteiger charge is 2.29. The van der Waals surface area contributed by atoms with Gasteiger partial charge in [-0.1, -0.05) is 12.1 Å². The second-order valence-electron chi connectivity index (χ2n) is 4.40. The number of carbonyl (C=O) groups is 1. The van der Waals surface area contributed by atoms with Gasteiger partial charge in [-0.2, -0.15) is 0 Å². The zero-order chi connectivity index (χ0) is 13.6. The van der Waals surface area contributed by atoms with E-state index in [0.29, 0.717) is 13.2 Å². The molecule has 0 unspecified atom stereocenters. The van der Waals surface area contributed by atoms with Crippen LogP contribution in [0.5, 0.6) is 5.75 Å². The molecule has 0 radical (unpaired) electrons. The molecule has 0 saturated heterocycles. The number of benzene rings is 1. The standard InChI is InChI=1S/C14H21NO3/c1-5-17-12-10-8-7-9-11(12)15-14(3,4)13(16)18-6-2/h7-10,15H,5-6H2,1-4H3. The minimum Gasteiger partial charge on any atom is -0.492 e. The van der Waals surface area contributed by atoms with E-state index in [2.05, 4.69) is 5.32 Å². The number of hydrogen-bond acceptors (Lipinski definition) is 4. The van der Waals surface area contributed by atoms with E-state index in [1.807, 2.05) is 31.2 Å². The molecule has 18 heavy (non-hydrogen) atoms. The zero-order valence-electron chi connectivity index (χ0n) is 11.4. The fourth-order valence-electron chi connectivity index (χ4n) is 1.55. The normalized spacial score (nSPS) is 10.9. The number of ether oxygens (including phenoxy) is 2. The lowest BCUT2D eigenvalue weighted by Crippen LogP contribution is -2.41. The maximum Gasteiger partial charge on any atom is 0.331 e. The van der Waals surface area contributed by atoms with Crippen molar-refractivity contribution in [3.8, 4) is 5.75 Å². The number of para-hydroxylation sites is 2. The molecule has 4 heteroatoms. The molecule has 1 aromatic rings. The van der Waals surface area contributed by atoms with E-state index in [0.717, 1.165) is 11.4 Å². The van der Waals surface area contributed by atoms with Crippen LogP contribution in [0.1, 0.15) is 27.7 Å². The first kappa shape index (κ1) is 14.4. The van der Waals surface area contributed by atoms with Gasteiger partial charge in [0.15, 0.2) is 0 Å². The average Bonchev–Trinajstić information content (AvgIpc) is 2.32. The molecule has 0 aromatic heterocycles. The van der Waals surface area contributed by atoms with Crippen LogP contribution in [0, 0.1) is 0 Å². The van der Waals surface area contributed by atoms with Crippen molar-refractivity contribution in [3.63, 3.8) is 0 Å². The molecule has 0 aliphatic rings. The van der Waals surface area contributed by atoms with Gasteiger partial charge in [0.1, 0.15) is 11.3 Å². The van der Waals surface area contributed by atoms with Gasteiger partial charge in [0.2, 0.25) is 0 Å². The summed E-state index contributed by atoms with van der Waals surface area (Å²) >= 11 is 0. The predicted molar refractivity (Wildman–Crippen MR) is 71.9 cm³/mol. The lowest BCUT2D eigenvalue weighted by Gasteiger charge is -2.26. The Hall–Kier alpha value is -1.71. The van der Waals surface area contributed by atoms with Crippen molar-refractivity contribution in [2.45, 2.75) is 33.2 Å². The molecule has 0 aliphatic heterocycles. The molecule has 0 atom stereocenters. The highest BCUT2D eigenvalue weighted by atomic mass is 16.5. The second-order valence-corrected chi connectivity index (χ2v) is 4.40. The van der Waals surface area contributed by atoms with Gasteiger partial charge >= 0.3 is 5.97 Å². The van der Waals surface area contributed by atoms with Crippen LogP contribution >= 0.6 is 0 Å². The van der Waals surface area contributed by atoms with Crippen molar-refractivity contribution in [3.05, 3.63) is 24.3 Å². The summed E-state index contributed by atoms with van der Waals surface area (Å²) in [6, 6.07) is 7.54. The van der Waals surface area contributed by atoms with Crippen LogP contribution in [0.4, 0.5) is 5.69 Å². The van der Waals surface area contributed by atoms with Gasteiger partial charge in [0, 0.05) is 0 Å². The summed E-state index contributed by atoms with van der Waals surface area (Å²) in [6.07, 6.45) is 0. The van der Waals surface area contributed by atoms with E-state index >= 15 is 0 Å². The Morgan fingerprint density at radius 2 is 1.89 bits per heavy atom. The van der Waals surface area contributed by atoms with E-state index < -0.39 is 5.54 Å². The van der Waals surface area contributed by atoms with Crippen LogP contribution < -0.4 is 10.1 Å². The molecular formula is C14H21NO3. The molecule has 0 saturated carbocycles. The van der Waals surface area contributed by atoms with Crippen LogP contribution in [0.2, 0.25) is 0 Å². The maximum absolute atomic E-state index is 11.8. The average molecular weight is 251 g/mol. The molecule has 100 valence electrons. The molecule has 0 spiro atoms. The lowest BCUT2D eigenvalue weighted by molar-refractivity contribution is -0.147. The minimum absolute atomic E-state index is 0.281. The summed E-state index contributed by atoms with van der Waals surface area (Å²) in [4.78, 5) is 11.8. The van der Waals surface area contributed by atoms with Crippen molar-refractivity contribution in [1.29, 1.82) is 0 Å². The fraction of sp³-hybridized carbons (Fsp3) is 0.500. The zero-order valence-corrected chi connectivity index (χ0v) is 11.4. The lowest BCUT2D eigenvalue weighted by atomic mass is 10.1. The molecule has 1 aromatic carbocycles. The molecular weight excluding hydrogens is 230 g/mol. The first-order valence-corrected chi connectivity index (χ1v) is 6.18. The highest BCUT2D eigenvalue weighted by Crippen LogP contribution is 2.27. The van der Waals surface area contributed by atoms with Gasteiger partial charge in [-0.3, -0.25) is 0 Å². The Labute approximate surface area is 108 Å². The summed E-state index contributed by atoms with van der Waals surface area (Å²) in [6.45, 7) is 8.24. The Morgan fingerprint density at radius 1 is 1.22 bits per heavy atom. The van der Waals surface area contributed by atoms with Crippen molar-refractivity contribution in [2.75, 3.05) is 18.5 Å². The topological polar surface area (TPSA) is 47.6 Å². The SMILES string of the molecule is CCOC(=O)C(C)(C)Nc1ccccc1OCC. The number of nitrogens with one attached hydrogen (secondary N) is 1. The van der Waals surface area contributed by atoms with E-state index in [9.17, 15) is 4.79 Å². The number of carbonyl (C=O) groups excluding carboxylic acids is 1. The number of hydrogen-bond donors (Lipinski definition) is 1. The first-order chi connectivity index (χ1) is 8.51. The third-order valence-electron chi connectivity index (χ3n) is 2.42. The van der Waals surface area contributed by atoms with Crippen molar-refractivity contribution < 1.29 is 14.3 Å². The van der Waals surface area contributed by atoms with Gasteiger partial charge in [-0.15, -0.1) is 0 Å². The molecule has 0 aliphatic carbocycles. The summed E-state index contributed by atoms with van der Waals surface area (Å²) in [7, 11) is 0. The molecule has 0 bridgehead atoms. The Kier molecular flexibility index (Phi) is 5.01. The van der Waals surface area contributed by atoms with Crippen molar-refractivity contribution >= 4 is 11.7 Å².